The Labute approximate surface area is 115 Å². The summed E-state index contributed by atoms with van der Waals surface area (Å²) < 4.78 is 15.1. The average Bonchev–Trinajstić information content (AvgIpc) is 2.75. The molecule has 0 aliphatic heterocycles. The van der Waals surface area contributed by atoms with Gasteiger partial charge in [-0.2, -0.15) is 0 Å². The number of hydrogen-bond acceptors (Lipinski definition) is 1. The van der Waals surface area contributed by atoms with Gasteiger partial charge in [0.2, 0.25) is 0 Å². The predicted molar refractivity (Wildman–Crippen MR) is 77.6 cm³/mol. The quantitative estimate of drug-likeness (QED) is 0.716. The van der Waals surface area contributed by atoms with E-state index < -0.39 is 5.82 Å². The van der Waals surface area contributed by atoms with Gasteiger partial charge in [-0.15, -0.1) is 0 Å². The Balaban J connectivity index is 1.94. The molecule has 0 spiro atoms. The first-order valence-corrected chi connectivity index (χ1v) is 6.28. The van der Waals surface area contributed by atoms with Crippen LogP contribution in [0, 0.1) is 5.82 Å². The van der Waals surface area contributed by atoms with Crippen LogP contribution in [0.1, 0.15) is 0 Å². The monoisotopic (exact) mass is 274 g/mol. The summed E-state index contributed by atoms with van der Waals surface area (Å²) in [5, 5.41) is 4.48. The van der Waals surface area contributed by atoms with Gasteiger partial charge in [0.25, 0.3) is 0 Å². The summed E-state index contributed by atoms with van der Waals surface area (Å²) in [7, 11) is 2.01. The number of rotatable bonds is 2. The summed E-state index contributed by atoms with van der Waals surface area (Å²) in [5.74, 6) is -0.411. The minimum atomic E-state index is -0.411. The van der Waals surface area contributed by atoms with Crippen LogP contribution < -0.4 is 5.32 Å². The topological polar surface area (TPSA) is 17.0 Å². The minimum absolute atomic E-state index is 0.116. The van der Waals surface area contributed by atoms with Crippen LogP contribution in [0.25, 0.3) is 10.9 Å². The molecule has 0 bridgehead atoms. The Morgan fingerprint density at radius 2 is 1.79 bits per heavy atom. The molecule has 0 amide bonds. The number of benzene rings is 2. The van der Waals surface area contributed by atoms with Crippen LogP contribution in [-0.2, 0) is 7.05 Å². The van der Waals surface area contributed by atoms with Crippen LogP contribution in [0.4, 0.5) is 15.8 Å². The number of hydrogen-bond donors (Lipinski definition) is 1. The summed E-state index contributed by atoms with van der Waals surface area (Å²) in [5.41, 5.74) is 2.88. The van der Waals surface area contributed by atoms with Gasteiger partial charge in [0.1, 0.15) is 5.82 Å². The van der Waals surface area contributed by atoms with Crippen molar-refractivity contribution >= 4 is 33.9 Å². The van der Waals surface area contributed by atoms with E-state index in [1.165, 1.54) is 11.6 Å². The van der Waals surface area contributed by atoms with Crippen molar-refractivity contribution in [2.45, 2.75) is 0 Å². The Hall–Kier alpha value is -2.00. The largest absolute Gasteiger partial charge is 0.355 e. The second-order valence-corrected chi connectivity index (χ2v) is 4.86. The molecular formula is C15H12ClFN2. The molecule has 0 atom stereocenters. The summed E-state index contributed by atoms with van der Waals surface area (Å²) in [6.07, 6.45) is 2.02. The zero-order valence-corrected chi connectivity index (χ0v) is 11.1. The van der Waals surface area contributed by atoms with Gasteiger partial charge < -0.3 is 9.88 Å². The Morgan fingerprint density at radius 3 is 2.58 bits per heavy atom. The maximum absolute atomic E-state index is 13.1. The van der Waals surface area contributed by atoms with Crippen molar-refractivity contribution < 1.29 is 4.39 Å². The van der Waals surface area contributed by atoms with E-state index in [1.54, 1.807) is 12.1 Å². The smallest absolute Gasteiger partial charge is 0.141 e. The van der Waals surface area contributed by atoms with Crippen molar-refractivity contribution in [1.82, 2.24) is 4.57 Å². The van der Waals surface area contributed by atoms with Gasteiger partial charge in [0, 0.05) is 35.5 Å². The van der Waals surface area contributed by atoms with Crippen molar-refractivity contribution in [3.8, 4) is 0 Å². The number of aromatic nitrogens is 1. The van der Waals surface area contributed by atoms with Crippen LogP contribution in [0.5, 0.6) is 0 Å². The Bertz CT molecular complexity index is 749. The summed E-state index contributed by atoms with van der Waals surface area (Å²) in [6, 6.07) is 12.7. The van der Waals surface area contributed by atoms with Gasteiger partial charge in [-0.05, 0) is 42.5 Å². The first-order chi connectivity index (χ1) is 9.13. The summed E-state index contributed by atoms with van der Waals surface area (Å²) in [6.45, 7) is 0. The number of aryl methyl sites for hydroxylation is 1. The maximum Gasteiger partial charge on any atom is 0.141 e. The molecule has 1 aromatic heterocycles. The molecule has 1 heterocycles. The number of anilines is 2. The van der Waals surface area contributed by atoms with Crippen molar-refractivity contribution in [2.75, 3.05) is 5.32 Å². The molecule has 0 saturated heterocycles. The molecule has 2 aromatic carbocycles. The van der Waals surface area contributed by atoms with E-state index in [0.29, 0.717) is 0 Å². The van der Waals surface area contributed by atoms with E-state index in [1.807, 2.05) is 31.4 Å². The van der Waals surface area contributed by atoms with Gasteiger partial charge in [0.15, 0.2) is 0 Å². The molecule has 19 heavy (non-hydrogen) atoms. The molecule has 0 aliphatic carbocycles. The van der Waals surface area contributed by atoms with E-state index in [9.17, 15) is 4.39 Å². The number of halogens is 2. The van der Waals surface area contributed by atoms with Gasteiger partial charge in [-0.25, -0.2) is 4.39 Å². The van der Waals surface area contributed by atoms with Crippen LogP contribution >= 0.6 is 11.6 Å². The fourth-order valence-corrected chi connectivity index (χ4v) is 2.28. The summed E-state index contributed by atoms with van der Waals surface area (Å²) in [4.78, 5) is 0. The molecule has 0 unspecified atom stereocenters. The van der Waals surface area contributed by atoms with Gasteiger partial charge in [-0.3, -0.25) is 0 Å². The molecule has 4 heteroatoms. The first kappa shape index (κ1) is 12.1. The normalized spacial score (nSPS) is 10.9. The lowest BCUT2D eigenvalue weighted by molar-refractivity contribution is 0.628. The molecule has 3 aromatic rings. The van der Waals surface area contributed by atoms with E-state index in [-0.39, 0.29) is 5.02 Å². The van der Waals surface area contributed by atoms with Crippen molar-refractivity contribution in [3.63, 3.8) is 0 Å². The molecule has 3 rings (SSSR count). The van der Waals surface area contributed by atoms with Crippen molar-refractivity contribution in [2.24, 2.45) is 7.05 Å². The number of nitrogens with one attached hydrogen (secondary N) is 1. The molecule has 0 saturated carbocycles. The van der Waals surface area contributed by atoms with Crippen LogP contribution in [-0.4, -0.2) is 4.57 Å². The highest BCUT2D eigenvalue weighted by Gasteiger charge is 2.03. The van der Waals surface area contributed by atoms with Crippen molar-refractivity contribution in [3.05, 3.63) is 59.5 Å². The molecule has 96 valence electrons. The fourth-order valence-electron chi connectivity index (χ4n) is 2.10. The van der Waals surface area contributed by atoms with Gasteiger partial charge >= 0.3 is 0 Å². The van der Waals surface area contributed by atoms with Gasteiger partial charge in [0.05, 0.1) is 5.02 Å². The SMILES string of the molecule is Cn1ccc2cc(Nc3ccc(F)c(Cl)c3)ccc21. The predicted octanol–water partition coefficient (Wildman–Crippen LogP) is 4.71. The maximum atomic E-state index is 13.1. The molecule has 1 N–H and O–H groups in total. The summed E-state index contributed by atoms with van der Waals surface area (Å²) >= 11 is 5.76. The first-order valence-electron chi connectivity index (χ1n) is 5.91. The Morgan fingerprint density at radius 1 is 1.05 bits per heavy atom. The lowest BCUT2D eigenvalue weighted by atomic mass is 10.2. The fraction of sp³-hybridized carbons (Fsp3) is 0.0667. The highest BCUT2D eigenvalue weighted by molar-refractivity contribution is 6.31. The zero-order valence-electron chi connectivity index (χ0n) is 10.3. The van der Waals surface area contributed by atoms with E-state index in [4.69, 9.17) is 11.6 Å². The Kier molecular flexibility index (Phi) is 2.91. The third-order valence-electron chi connectivity index (χ3n) is 3.09. The van der Waals surface area contributed by atoms with Crippen LogP contribution in [0.2, 0.25) is 5.02 Å². The zero-order chi connectivity index (χ0) is 13.4. The lowest BCUT2D eigenvalue weighted by Gasteiger charge is -2.07. The highest BCUT2D eigenvalue weighted by Crippen LogP contribution is 2.25. The second kappa shape index (κ2) is 4.59. The van der Waals surface area contributed by atoms with E-state index in [2.05, 4.69) is 16.0 Å². The molecular weight excluding hydrogens is 263 g/mol. The molecule has 0 fully saturated rings. The van der Waals surface area contributed by atoms with Crippen LogP contribution in [0.3, 0.4) is 0 Å². The standard InChI is InChI=1S/C15H12ClFN2/c1-19-7-6-10-8-11(3-5-15(10)19)18-12-2-4-14(17)13(16)9-12/h2-9,18H,1H3. The third kappa shape index (κ3) is 2.29. The van der Waals surface area contributed by atoms with Crippen molar-refractivity contribution in [1.29, 1.82) is 0 Å². The third-order valence-corrected chi connectivity index (χ3v) is 3.38. The number of nitrogens with zero attached hydrogens (tertiary/aromatic N) is 1. The van der Waals surface area contributed by atoms with E-state index in [0.717, 1.165) is 16.8 Å². The molecule has 0 aliphatic rings. The average molecular weight is 275 g/mol. The minimum Gasteiger partial charge on any atom is -0.355 e. The number of fused-ring (bicyclic) bond motifs is 1. The second-order valence-electron chi connectivity index (χ2n) is 4.45. The highest BCUT2D eigenvalue weighted by atomic mass is 35.5. The van der Waals surface area contributed by atoms with Crippen LogP contribution in [0.15, 0.2) is 48.7 Å². The molecule has 0 radical (unpaired) electrons. The lowest BCUT2D eigenvalue weighted by Crippen LogP contribution is -1.91. The van der Waals surface area contributed by atoms with E-state index >= 15 is 0 Å². The molecule has 2 nitrogen and oxygen atoms in total. The van der Waals surface area contributed by atoms with Gasteiger partial charge in [-0.1, -0.05) is 11.6 Å².